The molecule has 1 amide bonds. The molecule has 0 aliphatic carbocycles. The van der Waals surface area contributed by atoms with Crippen LogP contribution in [0.5, 0.6) is 5.75 Å². The molecule has 0 saturated carbocycles. The van der Waals surface area contributed by atoms with Gasteiger partial charge in [-0.2, -0.15) is 5.10 Å². The normalized spacial score (nSPS) is 21.3. The van der Waals surface area contributed by atoms with Gasteiger partial charge in [0.2, 0.25) is 10.7 Å². The van der Waals surface area contributed by atoms with E-state index in [4.69, 9.17) is 41.0 Å². The summed E-state index contributed by atoms with van der Waals surface area (Å²) in [5.41, 5.74) is 0.683. The van der Waals surface area contributed by atoms with Gasteiger partial charge in [0.15, 0.2) is 24.3 Å². The zero-order valence-corrected chi connectivity index (χ0v) is 24.8. The van der Waals surface area contributed by atoms with Crippen LogP contribution in [0.2, 0.25) is 0 Å². The maximum absolute atomic E-state index is 12.4. The summed E-state index contributed by atoms with van der Waals surface area (Å²) < 4.78 is 31.8. The summed E-state index contributed by atoms with van der Waals surface area (Å²) in [5.74, 6) is -1.51. The van der Waals surface area contributed by atoms with Crippen molar-refractivity contribution in [2.75, 3.05) is 6.61 Å². The van der Waals surface area contributed by atoms with Crippen LogP contribution in [0.15, 0.2) is 60.7 Å². The highest BCUT2D eigenvalue weighted by molar-refractivity contribution is 7.71. The lowest BCUT2D eigenvalue weighted by molar-refractivity contribution is -0.239. The fourth-order valence-electron chi connectivity index (χ4n) is 4.70. The van der Waals surface area contributed by atoms with Gasteiger partial charge in [0.05, 0.1) is 0 Å². The molecule has 0 unspecified atom stereocenters. The van der Waals surface area contributed by atoms with Gasteiger partial charge in [0.1, 0.15) is 31.1 Å². The van der Waals surface area contributed by atoms with Crippen LogP contribution in [-0.4, -0.2) is 69.1 Å². The quantitative estimate of drug-likeness (QED) is 0.205. The lowest BCUT2D eigenvalue weighted by Crippen LogP contribution is -2.64. The molecule has 228 valence electrons. The van der Waals surface area contributed by atoms with Crippen molar-refractivity contribution in [3.05, 3.63) is 71.3 Å². The molecule has 1 aliphatic heterocycles. The number of amides is 1. The van der Waals surface area contributed by atoms with E-state index in [0.29, 0.717) is 17.3 Å². The zero-order chi connectivity index (χ0) is 31.1. The van der Waals surface area contributed by atoms with E-state index in [1.54, 1.807) is 16.7 Å². The molecule has 43 heavy (non-hydrogen) atoms. The van der Waals surface area contributed by atoms with Gasteiger partial charge in [-0.15, -0.1) is 0 Å². The number of nitrogens with one attached hydrogen (secondary N) is 1. The topological polar surface area (TPSA) is 149 Å². The number of ether oxygens (including phenoxy) is 5. The average Bonchev–Trinajstić information content (AvgIpc) is 3.28. The van der Waals surface area contributed by atoms with Crippen LogP contribution in [0.4, 0.5) is 0 Å². The number of hydrogen-bond donors (Lipinski definition) is 1. The fraction of sp³-hybridized carbons (Fsp3) is 0.379. The van der Waals surface area contributed by atoms with Gasteiger partial charge in [-0.3, -0.25) is 23.7 Å². The summed E-state index contributed by atoms with van der Waals surface area (Å²) in [6, 6.07) is 17.2. The number of hydrogen-bond acceptors (Lipinski definition) is 11. The van der Waals surface area contributed by atoms with Crippen molar-refractivity contribution in [1.29, 1.82) is 0 Å². The number of carbonyl (C=O) groups excluding carboxylic acids is 4. The summed E-state index contributed by atoms with van der Waals surface area (Å²) in [5, 5.41) is 7.47. The molecule has 5 atom stereocenters. The minimum atomic E-state index is -1.27. The largest absolute Gasteiger partial charge is 0.486 e. The molecule has 2 aromatic carbocycles. The number of carbonyl (C=O) groups is 4. The second kappa shape index (κ2) is 14.1. The lowest BCUT2D eigenvalue weighted by atomic mass is 9.95. The summed E-state index contributed by atoms with van der Waals surface area (Å²) in [6.45, 7) is 4.48. The van der Waals surface area contributed by atoms with Gasteiger partial charge in [0.25, 0.3) is 0 Å². The van der Waals surface area contributed by atoms with E-state index in [-0.39, 0.29) is 18.0 Å². The fourth-order valence-corrected chi connectivity index (χ4v) is 5.06. The summed E-state index contributed by atoms with van der Waals surface area (Å²) in [6.07, 6.45) is -4.84. The zero-order valence-electron chi connectivity index (χ0n) is 24.0. The van der Waals surface area contributed by atoms with Crippen LogP contribution in [0, 0.1) is 4.77 Å². The molecule has 2 heterocycles. The number of rotatable bonds is 10. The highest BCUT2D eigenvalue weighted by Gasteiger charge is 2.52. The van der Waals surface area contributed by atoms with Crippen molar-refractivity contribution in [3.8, 4) is 11.4 Å². The number of esters is 3. The Bertz CT molecular complexity index is 1510. The van der Waals surface area contributed by atoms with Crippen LogP contribution in [0.25, 0.3) is 5.69 Å². The maximum atomic E-state index is 12.4. The molecule has 13 nitrogen and oxygen atoms in total. The predicted octanol–water partition coefficient (Wildman–Crippen LogP) is 2.81. The van der Waals surface area contributed by atoms with Crippen LogP contribution >= 0.6 is 12.2 Å². The Hall–Kier alpha value is -4.56. The average molecular weight is 613 g/mol. The van der Waals surface area contributed by atoms with Crippen LogP contribution in [-0.2, 0) is 44.7 Å². The minimum Gasteiger partial charge on any atom is -0.486 e. The molecule has 14 heteroatoms. The van der Waals surface area contributed by atoms with E-state index in [1.165, 1.54) is 32.4 Å². The molecule has 1 N–H and O–H groups in total. The van der Waals surface area contributed by atoms with Crippen LogP contribution in [0.1, 0.15) is 39.7 Å². The Morgan fingerprint density at radius 2 is 1.49 bits per heavy atom. The first-order chi connectivity index (χ1) is 20.5. The smallest absolute Gasteiger partial charge is 0.303 e. The van der Waals surface area contributed by atoms with E-state index in [2.05, 4.69) is 5.32 Å². The standard InChI is InChI=1S/C29H32N4O9S/c1-17(34)30-25-27(41-20(4)37)26(40-19(3)36)23(15-38-18(2)35)42-28(25)33-29(43)32(21-11-7-5-8-12-21)24(31-33)16-39-22-13-9-6-10-14-22/h5-14,23,25-28H,15-16H2,1-4H3,(H,30,34)/t23-,25-,26-,27-,28-/m1/s1. The van der Waals surface area contributed by atoms with E-state index in [9.17, 15) is 19.2 Å². The van der Waals surface area contributed by atoms with E-state index < -0.39 is 54.4 Å². The van der Waals surface area contributed by atoms with Gasteiger partial charge >= 0.3 is 17.9 Å². The monoisotopic (exact) mass is 612 g/mol. The van der Waals surface area contributed by atoms with Crippen molar-refractivity contribution in [1.82, 2.24) is 19.7 Å². The lowest BCUT2D eigenvalue weighted by Gasteiger charge is -2.45. The number of aromatic nitrogens is 3. The van der Waals surface area contributed by atoms with E-state index in [0.717, 1.165) is 0 Å². The first-order valence-electron chi connectivity index (χ1n) is 13.4. The predicted molar refractivity (Wildman–Crippen MR) is 152 cm³/mol. The van der Waals surface area contributed by atoms with E-state index >= 15 is 0 Å². The highest BCUT2D eigenvalue weighted by atomic mass is 32.1. The molecule has 3 aromatic rings. The third kappa shape index (κ3) is 7.84. The second-order valence-corrected chi connectivity index (χ2v) is 10.0. The van der Waals surface area contributed by atoms with Crippen molar-refractivity contribution in [3.63, 3.8) is 0 Å². The van der Waals surface area contributed by atoms with Gasteiger partial charge in [-0.1, -0.05) is 36.4 Å². The Kier molecular flexibility index (Phi) is 10.3. The molecule has 0 radical (unpaired) electrons. The number of para-hydroxylation sites is 2. The number of nitrogens with zero attached hydrogens (tertiary/aromatic N) is 3. The van der Waals surface area contributed by atoms with Crippen LogP contribution in [0.3, 0.4) is 0 Å². The van der Waals surface area contributed by atoms with Crippen molar-refractivity contribution in [2.45, 2.75) is 64.9 Å². The molecule has 1 aromatic heterocycles. The molecule has 1 aliphatic rings. The molecule has 4 rings (SSSR count). The molecule has 1 saturated heterocycles. The third-order valence-electron chi connectivity index (χ3n) is 6.33. The Labute approximate surface area is 252 Å². The van der Waals surface area contributed by atoms with Crippen molar-refractivity contribution in [2.24, 2.45) is 0 Å². The van der Waals surface area contributed by atoms with Gasteiger partial charge in [-0.25, -0.2) is 4.68 Å². The van der Waals surface area contributed by atoms with Gasteiger partial charge < -0.3 is 29.0 Å². The maximum Gasteiger partial charge on any atom is 0.303 e. The Morgan fingerprint density at radius 1 is 0.884 bits per heavy atom. The number of benzene rings is 2. The first kappa shape index (κ1) is 31.4. The molecule has 1 fully saturated rings. The van der Waals surface area contributed by atoms with Gasteiger partial charge in [0, 0.05) is 33.4 Å². The van der Waals surface area contributed by atoms with Crippen LogP contribution < -0.4 is 10.1 Å². The summed E-state index contributed by atoms with van der Waals surface area (Å²) in [7, 11) is 0. The molecule has 0 bridgehead atoms. The summed E-state index contributed by atoms with van der Waals surface area (Å²) >= 11 is 5.88. The first-order valence-corrected chi connectivity index (χ1v) is 13.8. The Morgan fingerprint density at radius 3 is 2.07 bits per heavy atom. The second-order valence-electron chi connectivity index (χ2n) is 9.66. The molecular weight excluding hydrogens is 580 g/mol. The van der Waals surface area contributed by atoms with Gasteiger partial charge in [-0.05, 0) is 36.5 Å². The third-order valence-corrected chi connectivity index (χ3v) is 6.70. The Balaban J connectivity index is 1.85. The highest BCUT2D eigenvalue weighted by Crippen LogP contribution is 2.33. The van der Waals surface area contributed by atoms with Crippen molar-refractivity contribution < 1.29 is 42.9 Å². The SMILES string of the molecule is CC(=O)N[C@@H]1[C@@H](OC(C)=O)[C@H](OC(C)=O)[C@@H](COC(C)=O)O[C@H]1n1nc(COc2ccccc2)n(-c2ccccc2)c1=S. The van der Waals surface area contributed by atoms with E-state index in [1.807, 2.05) is 48.5 Å². The minimum absolute atomic E-state index is 0.00734. The van der Waals surface area contributed by atoms with Crippen molar-refractivity contribution >= 4 is 36.0 Å². The molecular formula is C29H32N4O9S. The molecule has 0 spiro atoms. The summed E-state index contributed by atoms with van der Waals surface area (Å²) in [4.78, 5) is 48.5.